The van der Waals surface area contributed by atoms with Crippen LogP contribution in [0.5, 0.6) is 0 Å². The first-order valence-electron chi connectivity index (χ1n) is 12.9. The van der Waals surface area contributed by atoms with Crippen molar-refractivity contribution in [3.05, 3.63) is 0 Å². The average Bonchev–Trinajstić information content (AvgIpc) is 3.34. The van der Waals surface area contributed by atoms with Gasteiger partial charge in [-0.2, -0.15) is 0 Å². The van der Waals surface area contributed by atoms with Crippen molar-refractivity contribution >= 4 is 29.7 Å². The largest absolute Gasteiger partial charge is 0.469 e. The zero-order chi connectivity index (χ0) is 26.8. The molecule has 2 fully saturated rings. The fourth-order valence-corrected chi connectivity index (χ4v) is 5.02. The molecule has 4 atom stereocenters. The van der Waals surface area contributed by atoms with Gasteiger partial charge in [0.1, 0.15) is 18.3 Å². The molecule has 0 aromatic rings. The van der Waals surface area contributed by atoms with Crippen molar-refractivity contribution in [2.24, 2.45) is 11.7 Å². The summed E-state index contributed by atoms with van der Waals surface area (Å²) in [6, 6.07) is -2.57. The molecule has 12 heteroatoms. The number of nitrogens with one attached hydrogen (secondary N) is 3. The van der Waals surface area contributed by atoms with E-state index in [2.05, 4.69) is 10.6 Å². The summed E-state index contributed by atoms with van der Waals surface area (Å²) in [5, 5.41) is 23.7. The molecule has 12 nitrogen and oxygen atoms in total. The van der Waals surface area contributed by atoms with Gasteiger partial charge in [-0.15, -0.1) is 0 Å². The van der Waals surface area contributed by atoms with Crippen molar-refractivity contribution in [1.29, 1.82) is 5.41 Å². The maximum absolute atomic E-state index is 13.5. The SMILES string of the molecule is CCCC(CCC)C(=O)N[C@@H](CC(=O)OC)C(=O)N1CCC[C@H]1C(=O)N[C@H]1CCCN(C(=N)N)C1O. The summed E-state index contributed by atoms with van der Waals surface area (Å²) in [4.78, 5) is 54.4. The molecule has 2 rings (SSSR count). The van der Waals surface area contributed by atoms with E-state index in [9.17, 15) is 24.3 Å². The second-order valence-electron chi connectivity index (χ2n) is 9.55. The highest BCUT2D eigenvalue weighted by Crippen LogP contribution is 2.22. The van der Waals surface area contributed by atoms with E-state index in [1.165, 1.54) is 16.9 Å². The lowest BCUT2D eigenvalue weighted by atomic mass is 9.96. The maximum atomic E-state index is 13.5. The smallest absolute Gasteiger partial charge is 0.308 e. The number of carbonyl (C=O) groups excluding carboxylic acids is 4. The van der Waals surface area contributed by atoms with E-state index >= 15 is 0 Å². The van der Waals surface area contributed by atoms with Gasteiger partial charge in [-0.3, -0.25) is 24.6 Å². The number of likely N-dealkylation sites (tertiary alicyclic amines) is 2. The molecule has 6 N–H and O–H groups in total. The van der Waals surface area contributed by atoms with Gasteiger partial charge in [0.05, 0.1) is 19.6 Å². The molecule has 0 spiro atoms. The summed E-state index contributed by atoms with van der Waals surface area (Å²) >= 11 is 0. The maximum Gasteiger partial charge on any atom is 0.308 e. The summed E-state index contributed by atoms with van der Waals surface area (Å²) < 4.78 is 4.75. The summed E-state index contributed by atoms with van der Waals surface area (Å²) in [6.45, 7) is 4.70. The number of aliphatic hydroxyl groups is 1. The number of nitrogens with two attached hydrogens (primary N) is 1. The number of hydrogen-bond acceptors (Lipinski definition) is 7. The van der Waals surface area contributed by atoms with E-state index < -0.39 is 42.1 Å². The molecule has 2 heterocycles. The first kappa shape index (κ1) is 29.3. The molecule has 2 aliphatic heterocycles. The lowest BCUT2D eigenvalue weighted by Gasteiger charge is -2.39. The van der Waals surface area contributed by atoms with E-state index in [-0.39, 0.29) is 24.2 Å². The number of rotatable bonds is 11. The third-order valence-electron chi connectivity index (χ3n) is 6.93. The van der Waals surface area contributed by atoms with Crippen LogP contribution in [0.15, 0.2) is 0 Å². The molecular formula is C24H42N6O6. The van der Waals surface area contributed by atoms with Crippen LogP contribution in [-0.4, -0.2) is 89.1 Å². The van der Waals surface area contributed by atoms with Gasteiger partial charge in [0, 0.05) is 19.0 Å². The van der Waals surface area contributed by atoms with Crippen LogP contribution in [0.2, 0.25) is 0 Å². The van der Waals surface area contributed by atoms with E-state index in [4.69, 9.17) is 15.9 Å². The molecule has 2 saturated heterocycles. The van der Waals surface area contributed by atoms with E-state index in [0.717, 1.165) is 12.8 Å². The molecule has 0 bridgehead atoms. The van der Waals surface area contributed by atoms with Crippen molar-refractivity contribution in [1.82, 2.24) is 20.4 Å². The monoisotopic (exact) mass is 510 g/mol. The van der Waals surface area contributed by atoms with Crippen LogP contribution in [0, 0.1) is 11.3 Å². The number of nitrogens with zero attached hydrogens (tertiary/aromatic N) is 2. The van der Waals surface area contributed by atoms with Gasteiger partial charge in [0.15, 0.2) is 5.96 Å². The predicted octanol–water partition coefficient (Wildman–Crippen LogP) is 0.0342. The Morgan fingerprint density at radius 3 is 2.28 bits per heavy atom. The zero-order valence-electron chi connectivity index (χ0n) is 21.6. The van der Waals surface area contributed by atoms with Crippen molar-refractivity contribution in [2.75, 3.05) is 20.2 Å². The zero-order valence-corrected chi connectivity index (χ0v) is 21.6. The Labute approximate surface area is 212 Å². The molecule has 36 heavy (non-hydrogen) atoms. The highest BCUT2D eigenvalue weighted by atomic mass is 16.5. The minimum absolute atomic E-state index is 0.261. The number of ether oxygens (including phenoxy) is 1. The van der Waals surface area contributed by atoms with Crippen LogP contribution >= 0.6 is 0 Å². The van der Waals surface area contributed by atoms with Gasteiger partial charge in [0.25, 0.3) is 0 Å². The summed E-state index contributed by atoms with van der Waals surface area (Å²) in [5.74, 6) is -2.38. The fourth-order valence-electron chi connectivity index (χ4n) is 5.02. The van der Waals surface area contributed by atoms with Gasteiger partial charge < -0.3 is 36.0 Å². The average molecular weight is 511 g/mol. The number of carbonyl (C=O) groups is 4. The second-order valence-corrected chi connectivity index (χ2v) is 9.55. The van der Waals surface area contributed by atoms with Crippen LogP contribution in [0.3, 0.4) is 0 Å². The lowest BCUT2D eigenvalue weighted by molar-refractivity contribution is -0.148. The fraction of sp³-hybridized carbons (Fsp3) is 0.792. The molecule has 0 saturated carbocycles. The van der Waals surface area contributed by atoms with Crippen molar-refractivity contribution in [3.8, 4) is 0 Å². The molecular weight excluding hydrogens is 468 g/mol. The highest BCUT2D eigenvalue weighted by molar-refractivity contribution is 5.95. The van der Waals surface area contributed by atoms with Gasteiger partial charge >= 0.3 is 5.97 Å². The van der Waals surface area contributed by atoms with E-state index in [1.54, 1.807) is 0 Å². The van der Waals surface area contributed by atoms with Crippen molar-refractivity contribution in [3.63, 3.8) is 0 Å². The Balaban J connectivity index is 2.14. The minimum atomic E-state index is -1.14. The Hall–Kier alpha value is -2.89. The number of esters is 1. The number of amides is 3. The lowest BCUT2D eigenvalue weighted by Crippen LogP contribution is -2.61. The van der Waals surface area contributed by atoms with Gasteiger partial charge in [0.2, 0.25) is 17.7 Å². The van der Waals surface area contributed by atoms with E-state index in [0.29, 0.717) is 51.6 Å². The number of guanidine groups is 1. The van der Waals surface area contributed by atoms with Gasteiger partial charge in [-0.05, 0) is 38.5 Å². The van der Waals surface area contributed by atoms with Crippen LogP contribution in [0.25, 0.3) is 0 Å². The molecule has 2 aliphatic rings. The standard InChI is InChI=1S/C24H42N6O6/c1-4-8-15(9-5-2)20(32)28-17(14-19(31)36-3)23(35)29-12-7-11-18(29)21(33)27-16-10-6-13-30(22(16)34)24(25)26/h15-18,22,34H,4-14H2,1-3H3,(H3,25,26)(H,27,33)(H,28,32)/t16-,17-,18-,22?/m0/s1. The van der Waals surface area contributed by atoms with Crippen LogP contribution in [0.1, 0.15) is 71.6 Å². The number of hydrogen-bond donors (Lipinski definition) is 5. The normalized spacial score (nSPS) is 22.8. The second kappa shape index (κ2) is 14.0. The third kappa shape index (κ3) is 7.55. The number of piperidine rings is 1. The summed E-state index contributed by atoms with van der Waals surface area (Å²) in [6.07, 6.45) is 3.67. The minimum Gasteiger partial charge on any atom is -0.469 e. The topological polar surface area (TPSA) is 178 Å². The number of methoxy groups -OCH3 is 1. The van der Waals surface area contributed by atoms with Crippen LogP contribution in [0.4, 0.5) is 0 Å². The first-order valence-corrected chi connectivity index (χ1v) is 12.9. The van der Waals surface area contributed by atoms with Crippen LogP contribution < -0.4 is 16.4 Å². The molecule has 0 aromatic carbocycles. The summed E-state index contributed by atoms with van der Waals surface area (Å²) in [5.41, 5.74) is 5.53. The first-order chi connectivity index (χ1) is 17.1. The third-order valence-corrected chi connectivity index (χ3v) is 6.93. The van der Waals surface area contributed by atoms with Gasteiger partial charge in [-0.25, -0.2) is 0 Å². The molecule has 204 valence electrons. The molecule has 0 radical (unpaired) electrons. The van der Waals surface area contributed by atoms with E-state index in [1.807, 2.05) is 13.8 Å². The Morgan fingerprint density at radius 2 is 1.69 bits per heavy atom. The Morgan fingerprint density at radius 1 is 1.08 bits per heavy atom. The molecule has 0 aromatic heterocycles. The Bertz CT molecular complexity index is 802. The molecule has 1 unspecified atom stereocenters. The Kier molecular flexibility index (Phi) is 11.4. The van der Waals surface area contributed by atoms with Crippen molar-refractivity contribution < 1.29 is 29.0 Å². The quantitative estimate of drug-likeness (QED) is 0.147. The van der Waals surface area contributed by atoms with Crippen LogP contribution in [-0.2, 0) is 23.9 Å². The number of aliphatic hydroxyl groups excluding tert-OH is 1. The molecule has 0 aliphatic carbocycles. The molecule has 3 amide bonds. The predicted molar refractivity (Wildman–Crippen MR) is 132 cm³/mol. The van der Waals surface area contributed by atoms with Gasteiger partial charge in [-0.1, -0.05) is 26.7 Å². The van der Waals surface area contributed by atoms with Crippen molar-refractivity contribution in [2.45, 2.75) is 96.0 Å². The highest BCUT2D eigenvalue weighted by Gasteiger charge is 2.41. The summed E-state index contributed by atoms with van der Waals surface area (Å²) in [7, 11) is 1.22.